The Morgan fingerprint density at radius 1 is 1.14 bits per heavy atom. The molecule has 1 amide bonds. The lowest BCUT2D eigenvalue weighted by Crippen LogP contribution is -2.29. The van der Waals surface area contributed by atoms with E-state index in [1.54, 1.807) is 42.3 Å². The number of aryl methyl sites for hydroxylation is 1. The Morgan fingerprint density at radius 3 is 2.51 bits per heavy atom. The van der Waals surface area contributed by atoms with Crippen molar-refractivity contribution in [3.63, 3.8) is 0 Å². The molecule has 1 aromatic carbocycles. The molecule has 35 heavy (non-hydrogen) atoms. The Labute approximate surface area is 200 Å². The predicted molar refractivity (Wildman–Crippen MR) is 122 cm³/mol. The first-order valence-electron chi connectivity index (χ1n) is 10.6. The second-order valence-corrected chi connectivity index (χ2v) is 7.47. The highest BCUT2D eigenvalue weighted by molar-refractivity contribution is 5.97. The first-order chi connectivity index (χ1) is 16.7. The normalized spacial score (nSPS) is 11.6. The number of hydrogen-bond donors (Lipinski definition) is 2. The number of aromatic nitrogens is 3. The Balaban J connectivity index is 1.73. The number of amides is 1. The molecule has 0 spiro atoms. The summed E-state index contributed by atoms with van der Waals surface area (Å²) < 4.78 is 55.7. The largest absolute Gasteiger partial charge is 0.417 e. The number of hydrogen-bond acceptors (Lipinski definition) is 7. The number of methoxy groups -OCH3 is 2. The summed E-state index contributed by atoms with van der Waals surface area (Å²) in [5.74, 6) is -0.102. The minimum atomic E-state index is -4.47. The third-order valence-corrected chi connectivity index (χ3v) is 4.93. The number of alkyl halides is 3. The average Bonchev–Trinajstić information content (AvgIpc) is 3.27. The zero-order valence-electron chi connectivity index (χ0n) is 19.4. The standard InChI is InChI=1S/C23H26F3N5O4/c1-31-12-19(29-14-31)17-10-15(22(32)27-8-9-35-13-21(33-2)34-3)4-6-18(17)30-20-7-5-16(11-28-20)23(24,25)26/h4-7,10-12,14,21H,8-9,13H2,1-3H3,(H,27,32)(H,28,30). The van der Waals surface area contributed by atoms with Crippen molar-refractivity contribution in [3.05, 3.63) is 60.2 Å². The molecule has 9 nitrogen and oxygen atoms in total. The van der Waals surface area contributed by atoms with Crippen LogP contribution in [0.1, 0.15) is 15.9 Å². The van der Waals surface area contributed by atoms with Gasteiger partial charge in [0, 0.05) is 57.0 Å². The van der Waals surface area contributed by atoms with E-state index < -0.39 is 18.0 Å². The minimum absolute atomic E-state index is 0.218. The molecule has 3 aromatic rings. The SMILES string of the molecule is COC(COCCNC(=O)c1ccc(Nc2ccc(C(F)(F)F)cn2)c(-c2cn(C)cn2)c1)OC. The fourth-order valence-corrected chi connectivity index (χ4v) is 3.08. The van der Waals surface area contributed by atoms with Gasteiger partial charge < -0.3 is 29.4 Å². The van der Waals surface area contributed by atoms with Crippen LogP contribution in [-0.4, -0.2) is 60.7 Å². The van der Waals surface area contributed by atoms with Crippen molar-refractivity contribution in [2.75, 3.05) is 39.3 Å². The van der Waals surface area contributed by atoms with Crippen molar-refractivity contribution < 1.29 is 32.2 Å². The van der Waals surface area contributed by atoms with Gasteiger partial charge in [-0.25, -0.2) is 9.97 Å². The molecule has 0 bridgehead atoms. The molecular formula is C23H26F3N5O4. The van der Waals surface area contributed by atoms with Gasteiger partial charge in [0.05, 0.1) is 30.8 Å². The summed E-state index contributed by atoms with van der Waals surface area (Å²) in [5, 5.41) is 5.78. The van der Waals surface area contributed by atoms with E-state index in [0.717, 1.165) is 12.3 Å². The Bertz CT molecular complexity index is 1120. The monoisotopic (exact) mass is 493 g/mol. The molecule has 188 valence electrons. The smallest absolute Gasteiger partial charge is 0.374 e. The maximum atomic E-state index is 12.8. The van der Waals surface area contributed by atoms with Crippen LogP contribution in [-0.2, 0) is 27.4 Å². The third kappa shape index (κ3) is 7.25. The van der Waals surface area contributed by atoms with Crippen LogP contribution in [0.15, 0.2) is 49.1 Å². The number of pyridine rings is 1. The number of carbonyl (C=O) groups excluding carboxylic acids is 1. The van der Waals surface area contributed by atoms with Crippen molar-refractivity contribution >= 4 is 17.4 Å². The van der Waals surface area contributed by atoms with Crippen molar-refractivity contribution in [1.29, 1.82) is 0 Å². The molecule has 0 aliphatic carbocycles. The highest BCUT2D eigenvalue weighted by atomic mass is 19.4. The van der Waals surface area contributed by atoms with Crippen LogP contribution in [0.3, 0.4) is 0 Å². The molecule has 2 N–H and O–H groups in total. The number of ether oxygens (including phenoxy) is 3. The molecule has 12 heteroatoms. The molecule has 0 radical (unpaired) electrons. The number of imidazole rings is 1. The summed E-state index contributed by atoms with van der Waals surface area (Å²) in [7, 11) is 4.81. The lowest BCUT2D eigenvalue weighted by molar-refractivity contribution is -0.139. The molecule has 0 unspecified atom stereocenters. The fourth-order valence-electron chi connectivity index (χ4n) is 3.08. The quantitative estimate of drug-likeness (QED) is 0.311. The van der Waals surface area contributed by atoms with E-state index in [1.165, 1.54) is 20.3 Å². The van der Waals surface area contributed by atoms with Gasteiger partial charge in [0.1, 0.15) is 5.82 Å². The van der Waals surface area contributed by atoms with E-state index in [4.69, 9.17) is 14.2 Å². The van der Waals surface area contributed by atoms with E-state index in [0.29, 0.717) is 22.5 Å². The first-order valence-corrected chi connectivity index (χ1v) is 10.6. The zero-order chi connectivity index (χ0) is 25.4. The van der Waals surface area contributed by atoms with E-state index in [-0.39, 0.29) is 31.5 Å². The zero-order valence-corrected chi connectivity index (χ0v) is 19.4. The van der Waals surface area contributed by atoms with Crippen molar-refractivity contribution in [3.8, 4) is 11.3 Å². The molecule has 0 saturated carbocycles. The summed E-state index contributed by atoms with van der Waals surface area (Å²) in [4.78, 5) is 20.8. The molecule has 3 rings (SSSR count). The van der Waals surface area contributed by atoms with Gasteiger partial charge in [-0.15, -0.1) is 0 Å². The number of anilines is 2. The molecule has 0 saturated heterocycles. The van der Waals surface area contributed by atoms with Crippen LogP contribution in [0.4, 0.5) is 24.7 Å². The maximum Gasteiger partial charge on any atom is 0.417 e. The number of carbonyl (C=O) groups is 1. The Kier molecular flexibility index (Phi) is 8.79. The van der Waals surface area contributed by atoms with Gasteiger partial charge in [-0.3, -0.25) is 4.79 Å². The Morgan fingerprint density at radius 2 is 1.91 bits per heavy atom. The first kappa shape index (κ1) is 26.1. The number of halogens is 3. The molecule has 0 fully saturated rings. The summed E-state index contributed by atoms with van der Waals surface area (Å²) in [6, 6.07) is 7.08. The number of nitrogens with one attached hydrogen (secondary N) is 2. The number of rotatable bonds is 11. The minimum Gasteiger partial charge on any atom is -0.374 e. The molecule has 2 aromatic heterocycles. The lowest BCUT2D eigenvalue weighted by Gasteiger charge is -2.14. The Hall–Kier alpha value is -3.48. The van der Waals surface area contributed by atoms with E-state index in [1.807, 2.05) is 0 Å². The molecule has 0 atom stereocenters. The highest BCUT2D eigenvalue weighted by Gasteiger charge is 2.30. The van der Waals surface area contributed by atoms with Crippen molar-refractivity contribution in [1.82, 2.24) is 19.9 Å². The number of benzene rings is 1. The van der Waals surface area contributed by atoms with Gasteiger partial charge in [-0.05, 0) is 30.3 Å². The third-order valence-electron chi connectivity index (χ3n) is 4.93. The average molecular weight is 493 g/mol. The van der Waals surface area contributed by atoms with Crippen LogP contribution in [0, 0.1) is 0 Å². The van der Waals surface area contributed by atoms with Gasteiger partial charge in [0.2, 0.25) is 0 Å². The van der Waals surface area contributed by atoms with Gasteiger partial charge in [0.15, 0.2) is 6.29 Å². The summed E-state index contributed by atoms with van der Waals surface area (Å²) >= 11 is 0. The van der Waals surface area contributed by atoms with E-state index in [2.05, 4.69) is 20.6 Å². The van der Waals surface area contributed by atoms with Crippen molar-refractivity contribution in [2.24, 2.45) is 7.05 Å². The molecule has 2 heterocycles. The van der Waals surface area contributed by atoms with Crippen LogP contribution in [0.5, 0.6) is 0 Å². The van der Waals surface area contributed by atoms with E-state index >= 15 is 0 Å². The molecule has 0 aliphatic rings. The van der Waals surface area contributed by atoms with Gasteiger partial charge in [0.25, 0.3) is 5.91 Å². The predicted octanol–water partition coefficient (Wildman–Crippen LogP) is 3.61. The summed E-state index contributed by atoms with van der Waals surface area (Å²) in [6.07, 6.45) is -0.829. The van der Waals surface area contributed by atoms with Crippen LogP contribution < -0.4 is 10.6 Å². The molecule has 0 aliphatic heterocycles. The summed E-state index contributed by atoms with van der Waals surface area (Å²) in [6.45, 7) is 0.764. The number of nitrogens with zero attached hydrogens (tertiary/aromatic N) is 3. The lowest BCUT2D eigenvalue weighted by atomic mass is 10.1. The summed E-state index contributed by atoms with van der Waals surface area (Å²) in [5.41, 5.74) is 1.22. The molecular weight excluding hydrogens is 467 g/mol. The highest BCUT2D eigenvalue weighted by Crippen LogP contribution is 2.32. The van der Waals surface area contributed by atoms with Crippen LogP contribution >= 0.6 is 0 Å². The second-order valence-electron chi connectivity index (χ2n) is 7.47. The fraction of sp³-hybridized carbons (Fsp3) is 0.348. The maximum absolute atomic E-state index is 12.8. The van der Waals surface area contributed by atoms with Crippen LogP contribution in [0.25, 0.3) is 11.3 Å². The topological polar surface area (TPSA) is 99.5 Å². The van der Waals surface area contributed by atoms with Crippen LogP contribution in [0.2, 0.25) is 0 Å². The van der Waals surface area contributed by atoms with Gasteiger partial charge in [-0.2, -0.15) is 13.2 Å². The van der Waals surface area contributed by atoms with Crippen molar-refractivity contribution in [2.45, 2.75) is 12.5 Å². The van der Waals surface area contributed by atoms with Gasteiger partial charge >= 0.3 is 6.18 Å². The van der Waals surface area contributed by atoms with Gasteiger partial charge in [-0.1, -0.05) is 0 Å². The van der Waals surface area contributed by atoms with E-state index in [9.17, 15) is 18.0 Å². The second kappa shape index (κ2) is 11.8.